The fourth-order valence-electron chi connectivity index (χ4n) is 4.32. The summed E-state index contributed by atoms with van der Waals surface area (Å²) in [5, 5.41) is 10.2. The third-order valence-corrected chi connectivity index (χ3v) is 7.14. The lowest BCUT2D eigenvalue weighted by atomic mass is 9.98. The molecule has 0 atom stereocenters. The van der Waals surface area contributed by atoms with Crippen LogP contribution in [0.25, 0.3) is 21.3 Å². The maximum atomic E-state index is 12.4. The molecule has 5 rings (SSSR count). The number of aromatic nitrogens is 1. The fourth-order valence-corrected chi connectivity index (χ4v) is 5.53. The van der Waals surface area contributed by atoms with E-state index in [2.05, 4.69) is 9.88 Å². The molecule has 0 aliphatic carbocycles. The molecule has 0 spiro atoms. The number of halogens is 1. The van der Waals surface area contributed by atoms with E-state index >= 15 is 0 Å². The van der Waals surface area contributed by atoms with Crippen LogP contribution in [0.5, 0.6) is 5.75 Å². The van der Waals surface area contributed by atoms with E-state index in [-0.39, 0.29) is 18.7 Å². The maximum Gasteiger partial charge on any atom is 0.410 e. The zero-order valence-corrected chi connectivity index (χ0v) is 20.4. The molecule has 2 aliphatic heterocycles. The first-order chi connectivity index (χ1) is 15.7. The van der Waals surface area contributed by atoms with E-state index in [0.717, 1.165) is 44.2 Å². The molecule has 9 heteroatoms. The first-order valence-corrected chi connectivity index (χ1v) is 12.1. The lowest BCUT2D eigenvalue weighted by Crippen LogP contribution is -2.63. The van der Waals surface area contributed by atoms with Crippen LogP contribution in [-0.2, 0) is 11.3 Å². The number of fused-ring (bicyclic) bond motifs is 2. The van der Waals surface area contributed by atoms with Gasteiger partial charge in [0.2, 0.25) is 0 Å². The molecule has 1 fully saturated rings. The molecule has 3 aromatic rings. The van der Waals surface area contributed by atoms with Crippen LogP contribution in [-0.4, -0.2) is 59.0 Å². The topological polar surface area (TPSA) is 75.1 Å². The Bertz CT molecular complexity index is 1220. The third kappa shape index (κ3) is 4.23. The standard InChI is InChI=1S/C24H26ClN3O4S/c1-24(2,3)32-23(30)27-11-15(12-27)28-6-7-31-20-9-14(25)8-18(21(20)28)17-4-5-26-19-10-16(13-29)33-22(17)19/h4-5,8-10,15,29H,6-7,11-13H2,1-3H3. The molecular weight excluding hydrogens is 462 g/mol. The van der Waals surface area contributed by atoms with Crippen molar-refractivity contribution < 1.29 is 19.4 Å². The average molecular weight is 488 g/mol. The second-order valence-corrected chi connectivity index (χ2v) is 10.9. The van der Waals surface area contributed by atoms with Gasteiger partial charge < -0.3 is 24.4 Å². The summed E-state index contributed by atoms with van der Waals surface area (Å²) in [6.07, 6.45) is 1.50. The lowest BCUT2D eigenvalue weighted by molar-refractivity contribution is 0.00772. The van der Waals surface area contributed by atoms with E-state index in [1.165, 1.54) is 11.3 Å². The second-order valence-electron chi connectivity index (χ2n) is 9.32. The number of aliphatic hydroxyl groups excluding tert-OH is 1. The van der Waals surface area contributed by atoms with Gasteiger partial charge >= 0.3 is 6.09 Å². The Morgan fingerprint density at radius 3 is 2.82 bits per heavy atom. The molecule has 2 aromatic heterocycles. The molecule has 2 aliphatic rings. The van der Waals surface area contributed by atoms with Crippen molar-refractivity contribution in [3.8, 4) is 16.9 Å². The molecule has 0 unspecified atom stereocenters. The number of amides is 1. The molecule has 0 radical (unpaired) electrons. The van der Waals surface area contributed by atoms with Gasteiger partial charge in [0.25, 0.3) is 0 Å². The zero-order valence-electron chi connectivity index (χ0n) is 18.8. The predicted octanol–water partition coefficient (Wildman–Crippen LogP) is 4.93. The Morgan fingerprint density at radius 2 is 2.09 bits per heavy atom. The van der Waals surface area contributed by atoms with Crippen LogP contribution < -0.4 is 9.64 Å². The Morgan fingerprint density at radius 1 is 1.30 bits per heavy atom. The van der Waals surface area contributed by atoms with E-state index in [9.17, 15) is 9.90 Å². The Labute approximate surface area is 201 Å². The summed E-state index contributed by atoms with van der Waals surface area (Å²) in [6.45, 7) is 8.05. The number of likely N-dealkylation sites (tertiary alicyclic amines) is 1. The number of anilines is 1. The van der Waals surface area contributed by atoms with Crippen molar-refractivity contribution in [2.24, 2.45) is 0 Å². The number of carbonyl (C=O) groups is 1. The van der Waals surface area contributed by atoms with Crippen molar-refractivity contribution in [1.29, 1.82) is 0 Å². The Balaban J connectivity index is 1.51. The van der Waals surface area contributed by atoms with Crippen molar-refractivity contribution in [3.05, 3.63) is 40.4 Å². The predicted molar refractivity (Wildman–Crippen MR) is 130 cm³/mol. The highest BCUT2D eigenvalue weighted by Crippen LogP contribution is 2.47. The van der Waals surface area contributed by atoms with Gasteiger partial charge in [-0.3, -0.25) is 4.98 Å². The van der Waals surface area contributed by atoms with E-state index < -0.39 is 5.60 Å². The number of pyridine rings is 1. The first kappa shape index (κ1) is 22.3. The van der Waals surface area contributed by atoms with Gasteiger partial charge in [0.05, 0.1) is 35.1 Å². The summed E-state index contributed by atoms with van der Waals surface area (Å²) in [4.78, 5) is 21.8. The summed E-state index contributed by atoms with van der Waals surface area (Å²) < 4.78 is 12.5. The van der Waals surface area contributed by atoms with Crippen LogP contribution in [0.2, 0.25) is 5.02 Å². The van der Waals surface area contributed by atoms with Gasteiger partial charge in [-0.05, 0) is 39.0 Å². The average Bonchev–Trinajstić information content (AvgIpc) is 3.14. The van der Waals surface area contributed by atoms with Crippen molar-refractivity contribution >= 4 is 44.9 Å². The first-order valence-electron chi connectivity index (χ1n) is 10.9. The number of rotatable bonds is 3. The number of benzene rings is 1. The summed E-state index contributed by atoms with van der Waals surface area (Å²) in [5.41, 5.74) is 3.27. The van der Waals surface area contributed by atoms with Crippen molar-refractivity contribution in [2.45, 2.75) is 39.0 Å². The molecule has 174 valence electrons. The van der Waals surface area contributed by atoms with Crippen LogP contribution >= 0.6 is 22.9 Å². The molecule has 0 saturated carbocycles. The molecule has 33 heavy (non-hydrogen) atoms. The largest absolute Gasteiger partial charge is 0.489 e. The number of nitrogens with zero attached hydrogens (tertiary/aromatic N) is 3. The molecule has 1 N–H and O–H groups in total. The summed E-state index contributed by atoms with van der Waals surface area (Å²) in [6, 6.07) is 7.86. The Hall–Kier alpha value is -2.55. The summed E-state index contributed by atoms with van der Waals surface area (Å²) in [5.74, 6) is 0.739. The van der Waals surface area contributed by atoms with E-state index in [1.54, 1.807) is 11.1 Å². The highest BCUT2D eigenvalue weighted by Gasteiger charge is 2.40. The zero-order chi connectivity index (χ0) is 23.3. The molecule has 1 amide bonds. The number of thiophene rings is 1. The quantitative estimate of drug-likeness (QED) is 0.564. The van der Waals surface area contributed by atoms with E-state index in [1.807, 2.05) is 45.0 Å². The maximum absolute atomic E-state index is 12.4. The monoisotopic (exact) mass is 487 g/mol. The summed E-state index contributed by atoms with van der Waals surface area (Å²) in [7, 11) is 0. The van der Waals surface area contributed by atoms with Crippen LogP contribution in [0.3, 0.4) is 0 Å². The molecule has 1 saturated heterocycles. The van der Waals surface area contributed by atoms with E-state index in [0.29, 0.717) is 24.7 Å². The van der Waals surface area contributed by atoms with Crippen LogP contribution in [0.1, 0.15) is 25.6 Å². The Kier molecular flexibility index (Phi) is 5.63. The molecule has 4 heterocycles. The molecule has 7 nitrogen and oxygen atoms in total. The number of aliphatic hydroxyl groups is 1. The minimum absolute atomic E-state index is 0.0219. The van der Waals surface area contributed by atoms with Crippen LogP contribution in [0, 0.1) is 0 Å². The number of carbonyl (C=O) groups excluding carboxylic acids is 1. The number of hydrogen-bond acceptors (Lipinski definition) is 7. The normalized spacial score (nSPS) is 16.4. The summed E-state index contributed by atoms with van der Waals surface area (Å²) >= 11 is 8.03. The van der Waals surface area contributed by atoms with Gasteiger partial charge in [-0.15, -0.1) is 11.3 Å². The minimum Gasteiger partial charge on any atom is -0.489 e. The number of hydrogen-bond donors (Lipinski definition) is 1. The van der Waals surface area contributed by atoms with Crippen LogP contribution in [0.15, 0.2) is 30.5 Å². The molecular formula is C24H26ClN3O4S. The SMILES string of the molecule is CC(C)(C)OC(=O)N1CC(N2CCOc3cc(Cl)cc(-c4ccnc5cc(CO)sc45)c32)C1. The van der Waals surface area contributed by atoms with Gasteiger partial charge in [0.1, 0.15) is 18.0 Å². The van der Waals surface area contributed by atoms with Gasteiger partial charge in [-0.1, -0.05) is 11.6 Å². The highest BCUT2D eigenvalue weighted by atomic mass is 35.5. The fraction of sp³-hybridized carbons (Fsp3) is 0.417. The van der Waals surface area contributed by atoms with Gasteiger partial charge in [-0.2, -0.15) is 0 Å². The van der Waals surface area contributed by atoms with Gasteiger partial charge in [-0.25, -0.2) is 4.79 Å². The minimum atomic E-state index is -0.515. The van der Waals surface area contributed by atoms with E-state index in [4.69, 9.17) is 21.1 Å². The lowest BCUT2D eigenvalue weighted by Gasteiger charge is -2.48. The molecule has 1 aromatic carbocycles. The van der Waals surface area contributed by atoms with Crippen LogP contribution in [0.4, 0.5) is 10.5 Å². The smallest absolute Gasteiger partial charge is 0.410 e. The van der Waals surface area contributed by atoms with Gasteiger partial charge in [0, 0.05) is 46.4 Å². The van der Waals surface area contributed by atoms with Crippen molar-refractivity contribution in [1.82, 2.24) is 9.88 Å². The van der Waals surface area contributed by atoms with Crippen molar-refractivity contribution in [3.63, 3.8) is 0 Å². The third-order valence-electron chi connectivity index (χ3n) is 5.78. The molecule has 0 bridgehead atoms. The van der Waals surface area contributed by atoms with Gasteiger partial charge in [0.15, 0.2) is 0 Å². The number of ether oxygens (including phenoxy) is 2. The highest BCUT2D eigenvalue weighted by molar-refractivity contribution is 7.19. The second kappa shape index (κ2) is 8.34. The van der Waals surface area contributed by atoms with Crippen molar-refractivity contribution in [2.75, 3.05) is 31.1 Å².